The van der Waals surface area contributed by atoms with Gasteiger partial charge in [-0.05, 0) is 32.9 Å². The van der Waals surface area contributed by atoms with Crippen LogP contribution in [0, 0.1) is 0 Å². The molecule has 0 aliphatic carbocycles. The molecule has 1 heterocycles. The van der Waals surface area contributed by atoms with Gasteiger partial charge in [0.2, 0.25) is 0 Å². The minimum absolute atomic E-state index is 0.0529. The fourth-order valence-electron chi connectivity index (χ4n) is 1.98. The van der Waals surface area contributed by atoms with Crippen molar-refractivity contribution in [2.24, 2.45) is 0 Å². The van der Waals surface area contributed by atoms with E-state index in [1.54, 1.807) is 4.90 Å². The van der Waals surface area contributed by atoms with E-state index in [0.717, 1.165) is 26.1 Å². The molecule has 0 radical (unpaired) electrons. The van der Waals surface area contributed by atoms with Gasteiger partial charge in [-0.3, -0.25) is 0 Å². The second-order valence-electron chi connectivity index (χ2n) is 4.39. The van der Waals surface area contributed by atoms with Gasteiger partial charge in [-0.1, -0.05) is 6.92 Å². The Morgan fingerprint density at radius 3 is 2.87 bits per heavy atom. The number of nitrogens with one attached hydrogen (secondary N) is 1. The molecule has 1 saturated heterocycles. The van der Waals surface area contributed by atoms with Crippen LogP contribution in [0.4, 0.5) is 4.79 Å². The zero-order valence-corrected chi connectivity index (χ0v) is 10.1. The quantitative estimate of drug-likeness (QED) is 0.760. The first-order valence-electron chi connectivity index (χ1n) is 5.84. The third-order valence-corrected chi connectivity index (χ3v) is 3.03. The lowest BCUT2D eigenvalue weighted by atomic mass is 10.2. The summed E-state index contributed by atoms with van der Waals surface area (Å²) < 4.78 is 0. The molecule has 0 aromatic carbocycles. The van der Waals surface area contributed by atoms with Gasteiger partial charge in [-0.2, -0.15) is 0 Å². The topological polar surface area (TPSA) is 35.6 Å². The van der Waals surface area contributed by atoms with Gasteiger partial charge in [0, 0.05) is 26.2 Å². The lowest BCUT2D eigenvalue weighted by Crippen LogP contribution is -2.44. The summed E-state index contributed by atoms with van der Waals surface area (Å²) in [6, 6.07) is 0.597. The molecule has 0 saturated carbocycles. The highest BCUT2D eigenvalue weighted by molar-refractivity contribution is 5.73. The fraction of sp³-hybridized carbons (Fsp3) is 0.909. The molecular weight excluding hydrogens is 190 g/mol. The Hall–Kier alpha value is -0.770. The van der Waals surface area contributed by atoms with Crippen molar-refractivity contribution in [1.82, 2.24) is 15.1 Å². The second kappa shape index (κ2) is 5.95. The molecule has 88 valence electrons. The van der Waals surface area contributed by atoms with E-state index in [0.29, 0.717) is 6.04 Å². The summed E-state index contributed by atoms with van der Waals surface area (Å²) in [6.07, 6.45) is 3.45. The maximum atomic E-state index is 11.6. The van der Waals surface area contributed by atoms with E-state index in [1.165, 1.54) is 12.8 Å². The van der Waals surface area contributed by atoms with E-state index in [-0.39, 0.29) is 6.03 Å². The van der Waals surface area contributed by atoms with E-state index < -0.39 is 0 Å². The molecular formula is C11H23N3O. The van der Waals surface area contributed by atoms with Gasteiger partial charge < -0.3 is 15.1 Å². The van der Waals surface area contributed by atoms with Crippen molar-refractivity contribution in [3.05, 3.63) is 0 Å². The molecule has 0 bridgehead atoms. The molecule has 1 unspecified atom stereocenters. The third kappa shape index (κ3) is 3.70. The van der Waals surface area contributed by atoms with Crippen molar-refractivity contribution in [2.45, 2.75) is 32.2 Å². The Morgan fingerprint density at radius 2 is 2.33 bits per heavy atom. The standard InChI is InChI=1S/C11H23N3O/c1-4-7-12-11(15)14(3)9-10-6-5-8-13(10)2/h10H,4-9H2,1-3H3,(H,12,15). The predicted molar refractivity (Wildman–Crippen MR) is 62.0 cm³/mol. The average molecular weight is 213 g/mol. The zero-order valence-electron chi connectivity index (χ0n) is 10.1. The van der Waals surface area contributed by atoms with Crippen molar-refractivity contribution in [3.8, 4) is 0 Å². The highest BCUT2D eigenvalue weighted by atomic mass is 16.2. The minimum atomic E-state index is 0.0529. The molecule has 1 rings (SSSR count). The number of rotatable bonds is 4. The average Bonchev–Trinajstić information content (AvgIpc) is 2.61. The molecule has 0 spiro atoms. The predicted octanol–water partition coefficient (Wildman–Crippen LogP) is 1.13. The number of urea groups is 1. The Kier molecular flexibility index (Phi) is 4.88. The van der Waals surface area contributed by atoms with Crippen molar-refractivity contribution >= 4 is 6.03 Å². The highest BCUT2D eigenvalue weighted by Crippen LogP contribution is 2.15. The van der Waals surface area contributed by atoms with Crippen molar-refractivity contribution in [3.63, 3.8) is 0 Å². The molecule has 15 heavy (non-hydrogen) atoms. The van der Waals surface area contributed by atoms with Crippen LogP contribution in [0.5, 0.6) is 0 Å². The third-order valence-electron chi connectivity index (χ3n) is 3.03. The SMILES string of the molecule is CCCNC(=O)N(C)CC1CCCN1C. The lowest BCUT2D eigenvalue weighted by molar-refractivity contribution is 0.189. The Balaban J connectivity index is 2.27. The number of likely N-dealkylation sites (tertiary alicyclic amines) is 1. The first-order chi connectivity index (χ1) is 7.15. The van der Waals surface area contributed by atoms with Gasteiger partial charge in [0.05, 0.1) is 0 Å². The maximum absolute atomic E-state index is 11.6. The fourth-order valence-corrected chi connectivity index (χ4v) is 1.98. The van der Waals surface area contributed by atoms with Gasteiger partial charge in [0.15, 0.2) is 0 Å². The van der Waals surface area contributed by atoms with Gasteiger partial charge in [-0.25, -0.2) is 4.79 Å². The van der Waals surface area contributed by atoms with Gasteiger partial charge >= 0.3 is 6.03 Å². The molecule has 1 N–H and O–H groups in total. The summed E-state index contributed by atoms with van der Waals surface area (Å²) in [5, 5.41) is 2.89. The summed E-state index contributed by atoms with van der Waals surface area (Å²) in [5.74, 6) is 0. The summed E-state index contributed by atoms with van der Waals surface area (Å²) in [4.78, 5) is 15.7. The number of likely N-dealkylation sites (N-methyl/N-ethyl adjacent to an activating group) is 2. The van der Waals surface area contributed by atoms with Crippen LogP contribution in [0.1, 0.15) is 26.2 Å². The smallest absolute Gasteiger partial charge is 0.317 e. The first kappa shape index (κ1) is 12.3. The molecule has 2 amide bonds. The molecule has 1 fully saturated rings. The van der Waals surface area contributed by atoms with Crippen LogP contribution in [-0.4, -0.2) is 55.6 Å². The molecule has 1 atom stereocenters. The Labute approximate surface area is 92.6 Å². The van der Waals surface area contributed by atoms with E-state index in [2.05, 4.69) is 24.2 Å². The number of nitrogens with zero attached hydrogens (tertiary/aromatic N) is 2. The second-order valence-corrected chi connectivity index (χ2v) is 4.39. The van der Waals surface area contributed by atoms with Gasteiger partial charge in [0.25, 0.3) is 0 Å². The number of hydrogen-bond acceptors (Lipinski definition) is 2. The van der Waals surface area contributed by atoms with Crippen molar-refractivity contribution in [2.75, 3.05) is 33.7 Å². The van der Waals surface area contributed by atoms with Crippen LogP contribution >= 0.6 is 0 Å². The van der Waals surface area contributed by atoms with Crippen LogP contribution in [0.25, 0.3) is 0 Å². The van der Waals surface area contributed by atoms with Crippen LogP contribution in [0.2, 0.25) is 0 Å². The lowest BCUT2D eigenvalue weighted by Gasteiger charge is -2.25. The van der Waals surface area contributed by atoms with Crippen LogP contribution in [-0.2, 0) is 0 Å². The summed E-state index contributed by atoms with van der Waals surface area (Å²) >= 11 is 0. The molecule has 0 aromatic rings. The molecule has 0 aromatic heterocycles. The van der Waals surface area contributed by atoms with E-state index in [1.807, 2.05) is 7.05 Å². The van der Waals surface area contributed by atoms with Crippen LogP contribution < -0.4 is 5.32 Å². The van der Waals surface area contributed by atoms with E-state index >= 15 is 0 Å². The Morgan fingerprint density at radius 1 is 1.60 bits per heavy atom. The largest absolute Gasteiger partial charge is 0.338 e. The normalized spacial score (nSPS) is 21.7. The number of carbonyl (C=O) groups is 1. The molecule has 1 aliphatic rings. The monoisotopic (exact) mass is 213 g/mol. The van der Waals surface area contributed by atoms with Crippen LogP contribution in [0.15, 0.2) is 0 Å². The summed E-state index contributed by atoms with van der Waals surface area (Å²) in [6.45, 7) is 4.83. The summed E-state index contributed by atoms with van der Waals surface area (Å²) in [5.41, 5.74) is 0. The van der Waals surface area contributed by atoms with E-state index in [9.17, 15) is 4.79 Å². The summed E-state index contributed by atoms with van der Waals surface area (Å²) in [7, 11) is 4.01. The van der Waals surface area contributed by atoms with Gasteiger partial charge in [0.1, 0.15) is 0 Å². The van der Waals surface area contributed by atoms with Crippen LogP contribution in [0.3, 0.4) is 0 Å². The highest BCUT2D eigenvalue weighted by Gasteiger charge is 2.23. The van der Waals surface area contributed by atoms with Crippen molar-refractivity contribution < 1.29 is 4.79 Å². The number of carbonyl (C=O) groups excluding carboxylic acids is 1. The molecule has 1 aliphatic heterocycles. The van der Waals surface area contributed by atoms with E-state index in [4.69, 9.17) is 0 Å². The Bertz CT molecular complexity index is 208. The van der Waals surface area contributed by atoms with Crippen molar-refractivity contribution in [1.29, 1.82) is 0 Å². The minimum Gasteiger partial charge on any atom is -0.338 e. The first-order valence-corrected chi connectivity index (χ1v) is 5.84. The zero-order chi connectivity index (χ0) is 11.3. The maximum Gasteiger partial charge on any atom is 0.317 e. The number of hydrogen-bond donors (Lipinski definition) is 1. The molecule has 4 heteroatoms. The van der Waals surface area contributed by atoms with Gasteiger partial charge in [-0.15, -0.1) is 0 Å². The molecule has 4 nitrogen and oxygen atoms in total. The number of amides is 2.